The molecule has 4 bridgehead atoms. The van der Waals surface area contributed by atoms with Crippen molar-refractivity contribution in [2.75, 3.05) is 26.2 Å². The number of nitrogens with one attached hydrogen (secondary N) is 1. The molecule has 6 fully saturated rings. The molecule has 0 aromatic rings. The largest absolute Gasteiger partial charge is 0.310 e. The first-order chi connectivity index (χ1) is 9.80. The van der Waals surface area contributed by atoms with Gasteiger partial charge in [0.15, 0.2) is 0 Å². The van der Waals surface area contributed by atoms with E-state index in [2.05, 4.69) is 10.2 Å². The minimum Gasteiger partial charge on any atom is -0.310 e. The molecule has 4 saturated carbocycles. The Bertz CT molecular complexity index is 357. The molecular formula is C18H30N2. The minimum atomic E-state index is 0.534. The van der Waals surface area contributed by atoms with Crippen molar-refractivity contribution < 1.29 is 0 Å². The van der Waals surface area contributed by atoms with Crippen LogP contribution in [-0.2, 0) is 0 Å². The molecule has 6 rings (SSSR count). The van der Waals surface area contributed by atoms with Gasteiger partial charge in [0.25, 0.3) is 0 Å². The van der Waals surface area contributed by atoms with Gasteiger partial charge in [-0.3, -0.25) is 0 Å². The maximum atomic E-state index is 3.82. The third-order valence-electron chi connectivity index (χ3n) is 7.66. The summed E-state index contributed by atoms with van der Waals surface area (Å²) in [5, 5.41) is 3.82. The molecule has 1 N–H and O–H groups in total. The molecule has 2 saturated heterocycles. The first kappa shape index (κ1) is 12.5. The second kappa shape index (κ2) is 4.46. The average molecular weight is 274 g/mol. The van der Waals surface area contributed by atoms with Crippen LogP contribution >= 0.6 is 0 Å². The van der Waals surface area contributed by atoms with Crippen LogP contribution in [0, 0.1) is 29.6 Å². The van der Waals surface area contributed by atoms with Crippen LogP contribution in [0.15, 0.2) is 0 Å². The predicted molar refractivity (Wildman–Crippen MR) is 81.6 cm³/mol. The molecule has 0 amide bonds. The molecule has 2 heterocycles. The molecule has 6 aliphatic rings. The maximum absolute atomic E-state index is 3.82. The summed E-state index contributed by atoms with van der Waals surface area (Å²) in [6.07, 6.45) is 12.2. The van der Waals surface area contributed by atoms with E-state index in [1.165, 1.54) is 45.4 Å². The highest BCUT2D eigenvalue weighted by molar-refractivity contribution is 5.03. The molecule has 0 radical (unpaired) electrons. The zero-order valence-corrected chi connectivity index (χ0v) is 12.8. The quantitative estimate of drug-likeness (QED) is 0.833. The normalized spacial score (nSPS) is 54.3. The number of nitrogens with zero attached hydrogens (tertiary/aromatic N) is 1. The lowest BCUT2D eigenvalue weighted by Gasteiger charge is -2.55. The van der Waals surface area contributed by atoms with E-state index in [-0.39, 0.29) is 0 Å². The first-order valence-corrected chi connectivity index (χ1v) is 9.27. The second-order valence-corrected chi connectivity index (χ2v) is 8.89. The lowest BCUT2D eigenvalue weighted by Crippen LogP contribution is -2.49. The Kier molecular flexibility index (Phi) is 2.78. The summed E-state index contributed by atoms with van der Waals surface area (Å²) in [5.41, 5.74) is 0.534. The highest BCUT2D eigenvalue weighted by atomic mass is 15.2. The Labute approximate surface area is 123 Å². The number of rotatable bonds is 2. The third kappa shape index (κ3) is 1.90. The summed E-state index contributed by atoms with van der Waals surface area (Å²) in [4.78, 5) is 2.84. The second-order valence-electron chi connectivity index (χ2n) is 8.89. The van der Waals surface area contributed by atoms with Gasteiger partial charge in [0.2, 0.25) is 0 Å². The molecule has 1 atom stereocenters. The van der Waals surface area contributed by atoms with Gasteiger partial charge in [-0.15, -0.1) is 0 Å². The lowest BCUT2D eigenvalue weighted by molar-refractivity contribution is -0.0473. The van der Waals surface area contributed by atoms with Crippen molar-refractivity contribution in [3.05, 3.63) is 0 Å². The van der Waals surface area contributed by atoms with Crippen LogP contribution < -0.4 is 5.32 Å². The van der Waals surface area contributed by atoms with Crippen LogP contribution in [0.4, 0.5) is 0 Å². The van der Waals surface area contributed by atoms with Crippen molar-refractivity contribution in [3.63, 3.8) is 0 Å². The zero-order valence-electron chi connectivity index (χ0n) is 12.8. The van der Waals surface area contributed by atoms with Crippen LogP contribution in [-0.4, -0.2) is 36.6 Å². The fourth-order valence-corrected chi connectivity index (χ4v) is 6.97. The molecule has 4 aliphatic carbocycles. The standard InChI is InChI=1S/C18H30N2/c1-2-18(19-4-1)3-5-20(12-18)11-17-15-7-13-6-14(9-15)10-16(17)8-13/h13-17,19H,1-12H2. The fraction of sp³-hybridized carbons (Fsp3) is 1.00. The summed E-state index contributed by atoms with van der Waals surface area (Å²) >= 11 is 0. The van der Waals surface area contributed by atoms with Crippen LogP contribution in [0.5, 0.6) is 0 Å². The van der Waals surface area contributed by atoms with Crippen molar-refractivity contribution in [1.29, 1.82) is 0 Å². The topological polar surface area (TPSA) is 15.3 Å². The smallest absolute Gasteiger partial charge is 0.0321 e. The number of hydrogen-bond acceptors (Lipinski definition) is 2. The van der Waals surface area contributed by atoms with Crippen molar-refractivity contribution in [3.8, 4) is 0 Å². The van der Waals surface area contributed by atoms with E-state index in [1.54, 1.807) is 32.1 Å². The SMILES string of the molecule is C1CNC2(C1)CCN(CC1C3CC4CC(C3)CC1C4)C2. The average Bonchev–Trinajstić information content (AvgIpc) is 3.04. The Morgan fingerprint density at radius 1 is 0.950 bits per heavy atom. The van der Waals surface area contributed by atoms with E-state index in [1.807, 2.05) is 0 Å². The Morgan fingerprint density at radius 3 is 2.35 bits per heavy atom. The Hall–Kier alpha value is -0.0800. The fourth-order valence-electron chi connectivity index (χ4n) is 6.97. The monoisotopic (exact) mass is 274 g/mol. The van der Waals surface area contributed by atoms with Crippen molar-refractivity contribution >= 4 is 0 Å². The predicted octanol–water partition coefficient (Wildman–Crippen LogP) is 2.89. The van der Waals surface area contributed by atoms with Crippen LogP contribution in [0.1, 0.15) is 51.4 Å². The summed E-state index contributed by atoms with van der Waals surface area (Å²) in [5.74, 6) is 5.56. The van der Waals surface area contributed by atoms with E-state index in [9.17, 15) is 0 Å². The maximum Gasteiger partial charge on any atom is 0.0321 e. The van der Waals surface area contributed by atoms with E-state index >= 15 is 0 Å². The van der Waals surface area contributed by atoms with Gasteiger partial charge in [0.1, 0.15) is 0 Å². The van der Waals surface area contributed by atoms with Crippen molar-refractivity contribution in [1.82, 2.24) is 10.2 Å². The highest BCUT2D eigenvalue weighted by Crippen LogP contribution is 2.56. The van der Waals surface area contributed by atoms with Gasteiger partial charge in [-0.05, 0) is 87.5 Å². The molecule has 20 heavy (non-hydrogen) atoms. The Morgan fingerprint density at radius 2 is 1.70 bits per heavy atom. The molecule has 1 spiro atoms. The third-order valence-corrected chi connectivity index (χ3v) is 7.66. The van der Waals surface area contributed by atoms with Gasteiger partial charge >= 0.3 is 0 Å². The molecule has 2 heteroatoms. The zero-order chi connectivity index (χ0) is 13.2. The van der Waals surface area contributed by atoms with Crippen molar-refractivity contribution in [2.45, 2.75) is 56.9 Å². The molecule has 0 aromatic carbocycles. The summed E-state index contributed by atoms with van der Waals surface area (Å²) in [6, 6.07) is 0. The molecule has 1 unspecified atom stereocenters. The molecule has 0 aromatic heterocycles. The Balaban J connectivity index is 1.26. The summed E-state index contributed by atoms with van der Waals surface area (Å²) in [7, 11) is 0. The minimum absolute atomic E-state index is 0.534. The van der Waals surface area contributed by atoms with E-state index in [0.29, 0.717) is 5.54 Å². The molecular weight excluding hydrogens is 244 g/mol. The van der Waals surface area contributed by atoms with Crippen LogP contribution in [0.3, 0.4) is 0 Å². The van der Waals surface area contributed by atoms with Crippen molar-refractivity contribution in [2.24, 2.45) is 29.6 Å². The van der Waals surface area contributed by atoms with Crippen LogP contribution in [0.25, 0.3) is 0 Å². The van der Waals surface area contributed by atoms with Gasteiger partial charge in [0, 0.05) is 25.2 Å². The van der Waals surface area contributed by atoms with E-state index in [0.717, 1.165) is 29.6 Å². The van der Waals surface area contributed by atoms with E-state index in [4.69, 9.17) is 0 Å². The van der Waals surface area contributed by atoms with Crippen LogP contribution in [0.2, 0.25) is 0 Å². The summed E-state index contributed by atoms with van der Waals surface area (Å²) < 4.78 is 0. The van der Waals surface area contributed by atoms with Gasteiger partial charge in [-0.25, -0.2) is 0 Å². The number of likely N-dealkylation sites (tertiary alicyclic amines) is 1. The van der Waals surface area contributed by atoms with Gasteiger partial charge in [-0.1, -0.05) is 0 Å². The van der Waals surface area contributed by atoms with Gasteiger partial charge in [-0.2, -0.15) is 0 Å². The van der Waals surface area contributed by atoms with Gasteiger partial charge < -0.3 is 10.2 Å². The molecule has 2 aliphatic heterocycles. The number of hydrogen-bond donors (Lipinski definition) is 1. The van der Waals surface area contributed by atoms with Gasteiger partial charge in [0.05, 0.1) is 0 Å². The molecule has 2 nitrogen and oxygen atoms in total. The summed E-state index contributed by atoms with van der Waals surface area (Å²) in [6.45, 7) is 5.44. The molecule has 112 valence electrons. The highest BCUT2D eigenvalue weighted by Gasteiger charge is 2.49. The lowest BCUT2D eigenvalue weighted by atomic mass is 9.52. The van der Waals surface area contributed by atoms with E-state index < -0.39 is 0 Å². The first-order valence-electron chi connectivity index (χ1n) is 9.27.